The van der Waals surface area contributed by atoms with E-state index in [1.165, 1.54) is 0 Å². The number of fused-ring (bicyclic) bond motifs is 4. The number of hydrogen-bond donors (Lipinski definition) is 1. The van der Waals surface area contributed by atoms with Gasteiger partial charge in [0.15, 0.2) is 0 Å². The molecule has 0 saturated carbocycles. The largest absolute Gasteiger partial charge is 0.463 e. The first kappa shape index (κ1) is 19.4. The maximum Gasteiger partial charge on any atom is 0.338 e. The Hall–Kier alpha value is -3.60. The lowest BCUT2D eigenvalue weighted by atomic mass is 9.90. The van der Waals surface area contributed by atoms with E-state index in [9.17, 15) is 4.79 Å². The minimum Gasteiger partial charge on any atom is -0.463 e. The third-order valence-corrected chi connectivity index (χ3v) is 5.83. The van der Waals surface area contributed by atoms with Crippen LogP contribution in [0.5, 0.6) is 0 Å². The fourth-order valence-electron chi connectivity index (χ4n) is 4.56. The molecule has 2 heterocycles. The van der Waals surface area contributed by atoms with Crippen molar-refractivity contribution in [2.75, 3.05) is 11.9 Å². The van der Waals surface area contributed by atoms with Crippen LogP contribution < -0.4 is 5.32 Å². The molecule has 1 aliphatic heterocycles. The quantitative estimate of drug-likeness (QED) is 0.420. The van der Waals surface area contributed by atoms with Crippen molar-refractivity contribution >= 4 is 33.7 Å². The molecule has 0 unspecified atom stereocenters. The van der Waals surface area contributed by atoms with Crippen molar-refractivity contribution in [1.29, 1.82) is 0 Å². The lowest BCUT2D eigenvalue weighted by Gasteiger charge is -2.32. The second-order valence-corrected chi connectivity index (χ2v) is 7.75. The van der Waals surface area contributed by atoms with Gasteiger partial charge < -0.3 is 10.1 Å². The fourth-order valence-corrected chi connectivity index (χ4v) is 4.56. The van der Waals surface area contributed by atoms with Gasteiger partial charge in [-0.15, -0.1) is 0 Å². The van der Waals surface area contributed by atoms with Gasteiger partial charge in [-0.05, 0) is 41.8 Å². The molecule has 0 aliphatic carbocycles. The van der Waals surface area contributed by atoms with Crippen molar-refractivity contribution in [3.8, 4) is 0 Å². The molecule has 31 heavy (non-hydrogen) atoms. The van der Waals surface area contributed by atoms with Gasteiger partial charge in [0, 0.05) is 5.70 Å². The third-order valence-electron chi connectivity index (χ3n) is 5.83. The lowest BCUT2D eigenvalue weighted by molar-refractivity contribution is -0.139. The van der Waals surface area contributed by atoms with Crippen LogP contribution in [-0.2, 0) is 9.53 Å². The number of anilines is 1. The molecule has 1 aliphatic rings. The highest BCUT2D eigenvalue weighted by molar-refractivity contribution is 5.96. The van der Waals surface area contributed by atoms with Crippen molar-refractivity contribution in [2.24, 2.45) is 0 Å². The Bertz CT molecular complexity index is 1310. The molecule has 0 bridgehead atoms. The summed E-state index contributed by atoms with van der Waals surface area (Å²) in [7, 11) is 0. The molecule has 0 fully saturated rings. The number of benzene rings is 3. The standard InChI is InChI=1S/C26H25N3O2/c1-3-10-21-23(25(30)31-4-2)24(19-14-9-12-17-11-5-6-13-18(17)19)29-22-16-8-7-15-20(22)27-26(29)28-21/h5-9,11-16,24H,3-4,10H2,1-2H3,(H,27,28)/t24-/m1/s1. The van der Waals surface area contributed by atoms with Crippen molar-refractivity contribution in [3.05, 3.63) is 83.6 Å². The highest BCUT2D eigenvalue weighted by Gasteiger charge is 2.36. The molecule has 5 rings (SSSR count). The maximum absolute atomic E-state index is 13.3. The molecule has 0 spiro atoms. The van der Waals surface area contributed by atoms with Gasteiger partial charge in [0.05, 0.1) is 29.3 Å². The van der Waals surface area contributed by atoms with E-state index in [0.29, 0.717) is 12.2 Å². The molecular weight excluding hydrogens is 386 g/mol. The minimum absolute atomic E-state index is 0.278. The molecule has 0 saturated heterocycles. The van der Waals surface area contributed by atoms with E-state index in [1.807, 2.05) is 37.3 Å². The Morgan fingerprint density at radius 1 is 1.03 bits per heavy atom. The second kappa shape index (κ2) is 7.91. The number of allylic oxidation sites excluding steroid dienone is 1. The predicted molar refractivity (Wildman–Crippen MR) is 124 cm³/mol. The predicted octanol–water partition coefficient (Wildman–Crippen LogP) is 5.82. The first-order valence-electron chi connectivity index (χ1n) is 10.8. The van der Waals surface area contributed by atoms with Crippen LogP contribution in [0.25, 0.3) is 21.8 Å². The normalized spacial score (nSPS) is 15.7. The highest BCUT2D eigenvalue weighted by Crippen LogP contribution is 2.42. The number of hydrogen-bond acceptors (Lipinski definition) is 4. The summed E-state index contributed by atoms with van der Waals surface area (Å²) < 4.78 is 7.70. The van der Waals surface area contributed by atoms with E-state index in [4.69, 9.17) is 9.72 Å². The minimum atomic E-state index is -0.324. The average molecular weight is 412 g/mol. The fraction of sp³-hybridized carbons (Fsp3) is 0.231. The zero-order valence-corrected chi connectivity index (χ0v) is 17.8. The van der Waals surface area contributed by atoms with Crippen molar-refractivity contribution in [3.63, 3.8) is 0 Å². The number of nitrogens with one attached hydrogen (secondary N) is 1. The van der Waals surface area contributed by atoms with E-state index in [0.717, 1.165) is 51.9 Å². The molecule has 3 aromatic carbocycles. The number of esters is 1. The third kappa shape index (κ3) is 3.17. The Balaban J connectivity index is 1.85. The molecule has 4 aromatic rings. The smallest absolute Gasteiger partial charge is 0.338 e. The number of nitrogens with zero attached hydrogens (tertiary/aromatic N) is 2. The number of carbonyl (C=O) groups is 1. The van der Waals surface area contributed by atoms with Crippen molar-refractivity contribution in [1.82, 2.24) is 9.55 Å². The Kier molecular flexibility index (Phi) is 4.94. The van der Waals surface area contributed by atoms with Gasteiger partial charge in [0.2, 0.25) is 5.95 Å². The van der Waals surface area contributed by atoms with E-state index < -0.39 is 0 Å². The van der Waals surface area contributed by atoms with Crippen LogP contribution in [0, 0.1) is 0 Å². The molecular formula is C26H25N3O2. The van der Waals surface area contributed by atoms with E-state index in [1.54, 1.807) is 0 Å². The molecule has 5 nitrogen and oxygen atoms in total. The second-order valence-electron chi connectivity index (χ2n) is 7.75. The van der Waals surface area contributed by atoms with Crippen molar-refractivity contribution < 1.29 is 9.53 Å². The Labute approximate surface area is 181 Å². The van der Waals surface area contributed by atoms with Crippen LogP contribution in [0.4, 0.5) is 5.95 Å². The number of ether oxygens (including phenoxy) is 1. The van der Waals surface area contributed by atoms with Crippen LogP contribution >= 0.6 is 0 Å². The molecule has 0 amide bonds. The van der Waals surface area contributed by atoms with Gasteiger partial charge in [-0.25, -0.2) is 9.78 Å². The average Bonchev–Trinajstić information content (AvgIpc) is 3.16. The summed E-state index contributed by atoms with van der Waals surface area (Å²) in [6.45, 7) is 4.29. The molecule has 1 aromatic heterocycles. The summed E-state index contributed by atoms with van der Waals surface area (Å²) >= 11 is 0. The highest BCUT2D eigenvalue weighted by atomic mass is 16.5. The van der Waals surface area contributed by atoms with Crippen LogP contribution in [0.2, 0.25) is 0 Å². The SMILES string of the molecule is CCCC1=C(C(=O)OCC)[C@@H](c2cccc3ccccc23)n2c(nc3ccccc32)N1. The van der Waals surface area contributed by atoms with Crippen LogP contribution in [-0.4, -0.2) is 22.1 Å². The number of rotatable bonds is 5. The monoisotopic (exact) mass is 411 g/mol. The summed E-state index contributed by atoms with van der Waals surface area (Å²) in [5, 5.41) is 5.72. The molecule has 5 heteroatoms. The van der Waals surface area contributed by atoms with E-state index in [-0.39, 0.29) is 12.0 Å². The van der Waals surface area contributed by atoms with E-state index in [2.05, 4.69) is 53.2 Å². The summed E-state index contributed by atoms with van der Waals surface area (Å²) in [5.41, 5.74) is 4.51. The topological polar surface area (TPSA) is 56.2 Å². The van der Waals surface area contributed by atoms with E-state index >= 15 is 0 Å². The molecule has 156 valence electrons. The molecule has 0 radical (unpaired) electrons. The summed E-state index contributed by atoms with van der Waals surface area (Å²) in [4.78, 5) is 18.2. The van der Waals surface area contributed by atoms with Gasteiger partial charge >= 0.3 is 5.97 Å². The van der Waals surface area contributed by atoms with Gasteiger partial charge in [0.25, 0.3) is 0 Å². The number of imidazole rings is 1. The first-order valence-corrected chi connectivity index (χ1v) is 10.8. The maximum atomic E-state index is 13.3. The van der Waals surface area contributed by atoms with Gasteiger partial charge in [-0.3, -0.25) is 4.57 Å². The summed E-state index contributed by atoms with van der Waals surface area (Å²) in [6.07, 6.45) is 1.66. The Morgan fingerprint density at radius 2 is 1.81 bits per heavy atom. The molecule has 1 atom stereocenters. The van der Waals surface area contributed by atoms with Crippen LogP contribution in [0.1, 0.15) is 38.3 Å². The zero-order chi connectivity index (χ0) is 21.4. The number of para-hydroxylation sites is 2. The lowest BCUT2D eigenvalue weighted by Crippen LogP contribution is -2.30. The van der Waals surface area contributed by atoms with Crippen LogP contribution in [0.3, 0.4) is 0 Å². The number of carbonyl (C=O) groups excluding carboxylic acids is 1. The van der Waals surface area contributed by atoms with Gasteiger partial charge in [-0.1, -0.05) is 67.9 Å². The van der Waals surface area contributed by atoms with Gasteiger partial charge in [0.1, 0.15) is 0 Å². The summed E-state index contributed by atoms with van der Waals surface area (Å²) in [5.74, 6) is 0.482. The van der Waals surface area contributed by atoms with Gasteiger partial charge in [-0.2, -0.15) is 0 Å². The zero-order valence-electron chi connectivity index (χ0n) is 17.8. The number of aromatic nitrogens is 2. The summed E-state index contributed by atoms with van der Waals surface area (Å²) in [6, 6.07) is 22.3. The van der Waals surface area contributed by atoms with Crippen molar-refractivity contribution in [2.45, 2.75) is 32.7 Å². The van der Waals surface area contributed by atoms with Crippen LogP contribution in [0.15, 0.2) is 78.0 Å². The first-order chi connectivity index (χ1) is 15.2. The molecule has 1 N–H and O–H groups in total. The Morgan fingerprint density at radius 3 is 2.65 bits per heavy atom.